The number of aryl methyl sites for hydroxylation is 1. The number of pyridine rings is 1. The summed E-state index contributed by atoms with van der Waals surface area (Å²) >= 11 is 3.23. The summed E-state index contributed by atoms with van der Waals surface area (Å²) in [7, 11) is -2.46. The maximum Gasteiger partial charge on any atom is 0.266 e. The molecule has 8 heteroatoms. The van der Waals surface area contributed by atoms with E-state index < -0.39 is 10.0 Å². The van der Waals surface area contributed by atoms with Gasteiger partial charge < -0.3 is 10.5 Å². The Morgan fingerprint density at radius 1 is 1.38 bits per heavy atom. The zero-order valence-electron chi connectivity index (χ0n) is 11.4. The van der Waals surface area contributed by atoms with Gasteiger partial charge in [0.1, 0.15) is 16.5 Å². The second-order valence-corrected chi connectivity index (χ2v) is 6.80. The van der Waals surface area contributed by atoms with Gasteiger partial charge in [0.05, 0.1) is 7.11 Å². The van der Waals surface area contributed by atoms with Crippen LogP contribution in [0.1, 0.15) is 5.56 Å². The van der Waals surface area contributed by atoms with E-state index in [9.17, 15) is 8.42 Å². The number of benzene rings is 1. The van der Waals surface area contributed by atoms with Crippen LogP contribution >= 0.6 is 15.9 Å². The van der Waals surface area contributed by atoms with E-state index in [1.807, 2.05) is 0 Å². The quantitative estimate of drug-likeness (QED) is 0.805. The van der Waals surface area contributed by atoms with Crippen molar-refractivity contribution >= 4 is 37.5 Å². The number of nitrogens with one attached hydrogen (secondary N) is 1. The van der Waals surface area contributed by atoms with Crippen LogP contribution < -0.4 is 15.2 Å². The highest BCUT2D eigenvalue weighted by Crippen LogP contribution is 2.33. The third-order valence-corrected chi connectivity index (χ3v) is 4.86. The van der Waals surface area contributed by atoms with Crippen LogP contribution in [0.2, 0.25) is 0 Å². The Kier molecular flexibility index (Phi) is 4.38. The average Bonchev–Trinajstić information content (AvgIpc) is 2.43. The molecule has 0 aliphatic rings. The van der Waals surface area contributed by atoms with E-state index in [2.05, 4.69) is 25.6 Å². The Morgan fingerprint density at radius 2 is 2.10 bits per heavy atom. The van der Waals surface area contributed by atoms with Crippen molar-refractivity contribution in [3.05, 3.63) is 40.5 Å². The van der Waals surface area contributed by atoms with Crippen LogP contribution in [0.3, 0.4) is 0 Å². The predicted molar refractivity (Wildman–Crippen MR) is 84.9 cm³/mol. The summed E-state index contributed by atoms with van der Waals surface area (Å²) in [5.74, 6) is 0.457. The number of sulfonamides is 1. The maximum atomic E-state index is 12.5. The number of aromatic nitrogens is 1. The van der Waals surface area contributed by atoms with Crippen molar-refractivity contribution < 1.29 is 13.2 Å². The monoisotopic (exact) mass is 371 g/mol. The molecule has 0 aliphatic heterocycles. The molecule has 112 valence electrons. The number of hydrogen-bond acceptors (Lipinski definition) is 5. The number of halogens is 1. The molecule has 0 bridgehead atoms. The number of nitrogens with zero attached hydrogens (tertiary/aromatic N) is 1. The molecule has 21 heavy (non-hydrogen) atoms. The van der Waals surface area contributed by atoms with Crippen molar-refractivity contribution in [3.63, 3.8) is 0 Å². The minimum atomic E-state index is -3.86. The lowest BCUT2D eigenvalue weighted by atomic mass is 10.3. The van der Waals surface area contributed by atoms with Crippen molar-refractivity contribution in [1.29, 1.82) is 0 Å². The molecule has 1 aromatic heterocycles. The van der Waals surface area contributed by atoms with Gasteiger partial charge in [0.25, 0.3) is 10.0 Å². The lowest BCUT2D eigenvalue weighted by Crippen LogP contribution is -2.16. The number of anilines is 2. The van der Waals surface area contributed by atoms with Crippen molar-refractivity contribution in [2.24, 2.45) is 0 Å². The zero-order chi connectivity index (χ0) is 15.6. The molecule has 0 radical (unpaired) electrons. The Labute approximate surface area is 131 Å². The highest BCUT2D eigenvalue weighted by molar-refractivity contribution is 9.10. The maximum absolute atomic E-state index is 12.5. The Morgan fingerprint density at radius 3 is 2.71 bits per heavy atom. The van der Waals surface area contributed by atoms with Gasteiger partial charge in [-0.05, 0) is 46.6 Å². The smallest absolute Gasteiger partial charge is 0.266 e. The van der Waals surface area contributed by atoms with Gasteiger partial charge in [-0.15, -0.1) is 0 Å². The molecular formula is C13H14BrN3O3S. The summed E-state index contributed by atoms with van der Waals surface area (Å²) in [6.45, 7) is 1.76. The van der Waals surface area contributed by atoms with Crippen molar-refractivity contribution in [1.82, 2.24) is 4.98 Å². The number of rotatable bonds is 4. The first-order valence-corrected chi connectivity index (χ1v) is 8.20. The summed E-state index contributed by atoms with van der Waals surface area (Å²) in [4.78, 5) is 3.97. The number of ether oxygens (including phenoxy) is 1. The summed E-state index contributed by atoms with van der Waals surface area (Å²) in [5.41, 5.74) is 6.77. The van der Waals surface area contributed by atoms with Gasteiger partial charge in [-0.25, -0.2) is 13.4 Å². The van der Waals surface area contributed by atoms with Crippen molar-refractivity contribution in [3.8, 4) is 5.75 Å². The normalized spacial score (nSPS) is 11.2. The highest BCUT2D eigenvalue weighted by Gasteiger charge is 2.22. The third kappa shape index (κ3) is 3.27. The molecule has 0 spiro atoms. The second kappa shape index (κ2) is 5.90. The number of nitrogen functional groups attached to an aromatic ring is 1. The number of hydrogen-bond donors (Lipinski definition) is 2. The SMILES string of the molecule is COc1cc(Br)c(N)cc1S(=O)(=O)Nc1ncccc1C. The molecule has 0 fully saturated rings. The minimum Gasteiger partial charge on any atom is -0.495 e. The van der Waals surface area contributed by atoms with Crippen LogP contribution in [-0.2, 0) is 10.0 Å². The zero-order valence-corrected chi connectivity index (χ0v) is 13.8. The number of methoxy groups -OCH3 is 1. The third-order valence-electron chi connectivity index (χ3n) is 2.81. The van der Waals surface area contributed by atoms with Crippen molar-refractivity contribution in [2.75, 3.05) is 17.6 Å². The molecule has 1 aromatic carbocycles. The van der Waals surface area contributed by atoms with E-state index in [0.29, 0.717) is 15.7 Å². The van der Waals surface area contributed by atoms with E-state index in [0.717, 1.165) is 0 Å². The van der Waals surface area contributed by atoms with Gasteiger partial charge in [-0.1, -0.05) is 6.07 Å². The second-order valence-electron chi connectivity index (χ2n) is 4.30. The summed E-state index contributed by atoms with van der Waals surface area (Å²) in [6, 6.07) is 6.34. The first-order chi connectivity index (χ1) is 9.85. The van der Waals surface area contributed by atoms with Gasteiger partial charge in [-0.2, -0.15) is 0 Å². The van der Waals surface area contributed by atoms with E-state index in [4.69, 9.17) is 10.5 Å². The van der Waals surface area contributed by atoms with Gasteiger partial charge >= 0.3 is 0 Å². The summed E-state index contributed by atoms with van der Waals surface area (Å²) in [5, 5.41) is 0. The highest BCUT2D eigenvalue weighted by atomic mass is 79.9. The van der Waals surface area contributed by atoms with Gasteiger partial charge in [0.15, 0.2) is 0 Å². The first-order valence-electron chi connectivity index (χ1n) is 5.92. The van der Waals surface area contributed by atoms with Gasteiger partial charge in [-0.3, -0.25) is 4.72 Å². The Bertz CT molecular complexity index is 778. The molecule has 0 unspecified atom stereocenters. The molecule has 1 heterocycles. The lowest BCUT2D eigenvalue weighted by Gasteiger charge is -2.13. The largest absolute Gasteiger partial charge is 0.495 e. The van der Waals surface area contributed by atoms with E-state index in [1.165, 1.54) is 25.4 Å². The van der Waals surface area contributed by atoms with Crippen LogP contribution in [0.15, 0.2) is 39.8 Å². The molecule has 6 nitrogen and oxygen atoms in total. The lowest BCUT2D eigenvalue weighted by molar-refractivity contribution is 0.402. The van der Waals surface area contributed by atoms with Crippen LogP contribution in [-0.4, -0.2) is 20.5 Å². The number of nitrogens with two attached hydrogens (primary N) is 1. The molecule has 0 amide bonds. The Balaban J connectivity index is 2.50. The topological polar surface area (TPSA) is 94.3 Å². The molecule has 0 saturated carbocycles. The summed E-state index contributed by atoms with van der Waals surface area (Å²) in [6.07, 6.45) is 1.51. The molecule has 0 saturated heterocycles. The molecular weight excluding hydrogens is 358 g/mol. The summed E-state index contributed by atoms with van der Waals surface area (Å²) < 4.78 is 33.1. The fourth-order valence-corrected chi connectivity index (χ4v) is 3.28. The van der Waals surface area contributed by atoms with Crippen LogP contribution in [0.5, 0.6) is 5.75 Å². The van der Waals surface area contributed by atoms with E-state index >= 15 is 0 Å². The average molecular weight is 372 g/mol. The van der Waals surface area contributed by atoms with Crippen LogP contribution in [0.25, 0.3) is 0 Å². The molecule has 0 atom stereocenters. The van der Waals surface area contributed by atoms with Crippen LogP contribution in [0.4, 0.5) is 11.5 Å². The molecule has 0 aliphatic carbocycles. The van der Waals surface area contributed by atoms with E-state index in [-0.39, 0.29) is 16.5 Å². The predicted octanol–water partition coefficient (Wildman–Crippen LogP) is 2.54. The minimum absolute atomic E-state index is 0.0456. The van der Waals surface area contributed by atoms with Crippen LogP contribution in [0, 0.1) is 6.92 Å². The fourth-order valence-electron chi connectivity index (χ4n) is 1.70. The van der Waals surface area contributed by atoms with Gasteiger partial charge in [0, 0.05) is 16.4 Å². The first kappa shape index (κ1) is 15.6. The Hall–Kier alpha value is -1.80. The molecule has 3 N–H and O–H groups in total. The van der Waals surface area contributed by atoms with Crippen molar-refractivity contribution in [2.45, 2.75) is 11.8 Å². The molecule has 2 aromatic rings. The molecule has 2 rings (SSSR count). The van der Waals surface area contributed by atoms with Gasteiger partial charge in [0.2, 0.25) is 0 Å². The fraction of sp³-hybridized carbons (Fsp3) is 0.154. The standard InChI is InChI=1S/C13H14BrN3O3S/c1-8-4-3-5-16-13(8)17-21(18,19)12-7-10(15)9(14)6-11(12)20-2/h3-7H,15H2,1-2H3,(H,16,17). The van der Waals surface area contributed by atoms with E-state index in [1.54, 1.807) is 19.1 Å².